The molecule has 2 aromatic rings. The van der Waals surface area contributed by atoms with Crippen LogP contribution in [-0.4, -0.2) is 4.98 Å². The Bertz CT molecular complexity index is 506. The molecule has 0 saturated carbocycles. The lowest BCUT2D eigenvalue weighted by molar-refractivity contribution is 0.624. The molecule has 0 aliphatic carbocycles. The smallest absolute Gasteiger partial charge is 0.124 e. The Balaban J connectivity index is 2.81. The standard InChI is InChI=1S/C12H13FN2/c1-7-3-4-9-5-10(13)6-11(8(2)14)12(9)15-7/h3-6,8H,14H2,1-2H3. The Morgan fingerprint density at radius 3 is 2.73 bits per heavy atom. The van der Waals surface area contributed by atoms with Crippen molar-refractivity contribution in [1.29, 1.82) is 0 Å². The number of fused-ring (bicyclic) bond motifs is 1. The van der Waals surface area contributed by atoms with E-state index in [-0.39, 0.29) is 11.9 Å². The number of hydrogen-bond donors (Lipinski definition) is 1. The Kier molecular flexibility index (Phi) is 2.40. The van der Waals surface area contributed by atoms with Gasteiger partial charge in [-0.2, -0.15) is 0 Å². The van der Waals surface area contributed by atoms with E-state index in [1.54, 1.807) is 0 Å². The molecule has 0 aliphatic heterocycles. The molecular formula is C12H13FN2. The van der Waals surface area contributed by atoms with Crippen molar-refractivity contribution in [3.8, 4) is 0 Å². The maximum absolute atomic E-state index is 13.3. The topological polar surface area (TPSA) is 38.9 Å². The first kappa shape index (κ1) is 10.1. The lowest BCUT2D eigenvalue weighted by Crippen LogP contribution is -2.07. The predicted molar refractivity (Wildman–Crippen MR) is 59.0 cm³/mol. The van der Waals surface area contributed by atoms with Crippen LogP contribution in [0.15, 0.2) is 24.3 Å². The van der Waals surface area contributed by atoms with Gasteiger partial charge in [0, 0.05) is 17.1 Å². The molecule has 1 aromatic carbocycles. The largest absolute Gasteiger partial charge is 0.324 e. The molecule has 0 bridgehead atoms. The van der Waals surface area contributed by atoms with Crippen molar-refractivity contribution in [3.05, 3.63) is 41.3 Å². The molecule has 0 spiro atoms. The minimum absolute atomic E-state index is 0.211. The average Bonchev–Trinajstić information content (AvgIpc) is 2.17. The Morgan fingerprint density at radius 2 is 2.07 bits per heavy atom. The molecule has 1 unspecified atom stereocenters. The zero-order chi connectivity index (χ0) is 11.0. The second kappa shape index (κ2) is 3.59. The van der Waals surface area contributed by atoms with Crippen LogP contribution in [0.25, 0.3) is 10.9 Å². The normalized spacial score (nSPS) is 13.1. The van der Waals surface area contributed by atoms with Crippen molar-refractivity contribution < 1.29 is 4.39 Å². The SMILES string of the molecule is Cc1ccc2cc(F)cc(C(C)N)c2n1. The van der Waals surface area contributed by atoms with Crippen LogP contribution in [0.5, 0.6) is 0 Å². The van der Waals surface area contributed by atoms with E-state index in [0.717, 1.165) is 22.2 Å². The van der Waals surface area contributed by atoms with Gasteiger partial charge in [-0.15, -0.1) is 0 Å². The van der Waals surface area contributed by atoms with Crippen molar-refractivity contribution in [1.82, 2.24) is 4.98 Å². The van der Waals surface area contributed by atoms with E-state index in [0.29, 0.717) is 0 Å². The number of nitrogens with zero attached hydrogens (tertiary/aromatic N) is 1. The summed E-state index contributed by atoms with van der Waals surface area (Å²) >= 11 is 0. The van der Waals surface area contributed by atoms with Gasteiger partial charge >= 0.3 is 0 Å². The highest BCUT2D eigenvalue weighted by Crippen LogP contribution is 2.23. The molecule has 1 atom stereocenters. The number of hydrogen-bond acceptors (Lipinski definition) is 2. The second-order valence-electron chi connectivity index (χ2n) is 3.81. The number of benzene rings is 1. The highest BCUT2D eigenvalue weighted by molar-refractivity contribution is 5.82. The molecule has 2 N–H and O–H groups in total. The van der Waals surface area contributed by atoms with Gasteiger partial charge in [-0.25, -0.2) is 4.39 Å². The van der Waals surface area contributed by atoms with Crippen molar-refractivity contribution >= 4 is 10.9 Å². The van der Waals surface area contributed by atoms with E-state index in [1.165, 1.54) is 12.1 Å². The molecule has 15 heavy (non-hydrogen) atoms. The predicted octanol–water partition coefficient (Wildman–Crippen LogP) is 2.70. The second-order valence-corrected chi connectivity index (χ2v) is 3.81. The van der Waals surface area contributed by atoms with Gasteiger partial charge in [0.2, 0.25) is 0 Å². The maximum atomic E-state index is 13.3. The summed E-state index contributed by atoms with van der Waals surface area (Å²) < 4.78 is 13.3. The summed E-state index contributed by atoms with van der Waals surface area (Å²) in [5, 5.41) is 0.799. The van der Waals surface area contributed by atoms with Gasteiger partial charge in [-0.05, 0) is 37.6 Å². The fourth-order valence-corrected chi connectivity index (χ4v) is 1.67. The molecule has 0 saturated heterocycles. The summed E-state index contributed by atoms with van der Waals surface area (Å²) in [6.45, 7) is 3.74. The van der Waals surface area contributed by atoms with Crippen LogP contribution < -0.4 is 5.73 Å². The molecule has 3 heteroatoms. The van der Waals surface area contributed by atoms with Crippen molar-refractivity contribution in [3.63, 3.8) is 0 Å². The first-order valence-electron chi connectivity index (χ1n) is 4.90. The summed E-state index contributed by atoms with van der Waals surface area (Å²) in [5.41, 5.74) is 8.26. The fourth-order valence-electron chi connectivity index (χ4n) is 1.67. The van der Waals surface area contributed by atoms with E-state index >= 15 is 0 Å². The van der Waals surface area contributed by atoms with Crippen LogP contribution >= 0.6 is 0 Å². The van der Waals surface area contributed by atoms with Crippen LogP contribution in [0, 0.1) is 12.7 Å². The first-order valence-corrected chi connectivity index (χ1v) is 4.90. The third-order valence-electron chi connectivity index (χ3n) is 2.42. The van der Waals surface area contributed by atoms with Crippen LogP contribution in [0.3, 0.4) is 0 Å². The molecule has 1 heterocycles. The number of pyridine rings is 1. The van der Waals surface area contributed by atoms with Gasteiger partial charge in [-0.3, -0.25) is 4.98 Å². The lowest BCUT2D eigenvalue weighted by Gasteiger charge is -2.10. The van der Waals surface area contributed by atoms with Gasteiger partial charge in [0.05, 0.1) is 5.52 Å². The summed E-state index contributed by atoms with van der Waals surface area (Å²) in [6.07, 6.45) is 0. The maximum Gasteiger partial charge on any atom is 0.124 e. The number of aromatic nitrogens is 1. The van der Waals surface area contributed by atoms with E-state index < -0.39 is 0 Å². The molecule has 2 rings (SSSR count). The van der Waals surface area contributed by atoms with E-state index in [4.69, 9.17) is 5.73 Å². The molecule has 0 fully saturated rings. The highest BCUT2D eigenvalue weighted by atomic mass is 19.1. The van der Waals surface area contributed by atoms with Crippen molar-refractivity contribution in [2.45, 2.75) is 19.9 Å². The Morgan fingerprint density at radius 1 is 1.33 bits per heavy atom. The van der Waals surface area contributed by atoms with Gasteiger partial charge in [0.25, 0.3) is 0 Å². The highest BCUT2D eigenvalue weighted by Gasteiger charge is 2.09. The van der Waals surface area contributed by atoms with Gasteiger partial charge < -0.3 is 5.73 Å². The number of aryl methyl sites for hydroxylation is 1. The van der Waals surface area contributed by atoms with E-state index in [1.807, 2.05) is 26.0 Å². The quantitative estimate of drug-likeness (QED) is 0.775. The van der Waals surface area contributed by atoms with Crippen LogP contribution in [-0.2, 0) is 0 Å². The molecule has 0 radical (unpaired) electrons. The van der Waals surface area contributed by atoms with Crippen molar-refractivity contribution in [2.75, 3.05) is 0 Å². The fraction of sp³-hybridized carbons (Fsp3) is 0.250. The Labute approximate surface area is 87.9 Å². The summed E-state index contributed by atoms with van der Waals surface area (Å²) in [4.78, 5) is 4.39. The Hall–Kier alpha value is -1.48. The van der Waals surface area contributed by atoms with Crippen LogP contribution in [0.2, 0.25) is 0 Å². The minimum Gasteiger partial charge on any atom is -0.324 e. The summed E-state index contributed by atoms with van der Waals surface area (Å²) in [5.74, 6) is -0.263. The van der Waals surface area contributed by atoms with Crippen LogP contribution in [0.4, 0.5) is 4.39 Å². The van der Waals surface area contributed by atoms with E-state index in [9.17, 15) is 4.39 Å². The zero-order valence-corrected chi connectivity index (χ0v) is 8.79. The van der Waals surface area contributed by atoms with Crippen molar-refractivity contribution in [2.24, 2.45) is 5.73 Å². The third kappa shape index (κ3) is 1.83. The lowest BCUT2D eigenvalue weighted by atomic mass is 10.0. The molecule has 0 aliphatic rings. The monoisotopic (exact) mass is 204 g/mol. The van der Waals surface area contributed by atoms with Gasteiger partial charge in [0.1, 0.15) is 5.82 Å². The molecule has 2 nitrogen and oxygen atoms in total. The number of nitrogens with two attached hydrogens (primary N) is 1. The number of halogens is 1. The van der Waals surface area contributed by atoms with E-state index in [2.05, 4.69) is 4.98 Å². The summed E-state index contributed by atoms with van der Waals surface area (Å²) in [7, 11) is 0. The van der Waals surface area contributed by atoms with Crippen LogP contribution in [0.1, 0.15) is 24.2 Å². The molecular weight excluding hydrogens is 191 g/mol. The van der Waals surface area contributed by atoms with Gasteiger partial charge in [-0.1, -0.05) is 6.07 Å². The molecule has 1 aromatic heterocycles. The summed E-state index contributed by atoms with van der Waals surface area (Å²) in [6, 6.07) is 6.46. The number of rotatable bonds is 1. The third-order valence-corrected chi connectivity index (χ3v) is 2.42. The minimum atomic E-state index is -0.263. The molecule has 0 amide bonds. The zero-order valence-electron chi connectivity index (χ0n) is 8.79. The average molecular weight is 204 g/mol. The molecule has 78 valence electrons. The van der Waals surface area contributed by atoms with Gasteiger partial charge in [0.15, 0.2) is 0 Å². The first-order chi connectivity index (χ1) is 7.08.